The Labute approximate surface area is 156 Å². The molecule has 0 bridgehead atoms. The molecule has 0 heterocycles. The molecule has 0 aliphatic heterocycles. The summed E-state index contributed by atoms with van der Waals surface area (Å²) < 4.78 is 5.24. The fraction of sp³-hybridized carbons (Fsp3) is 0.143. The molecule has 3 aromatic rings. The van der Waals surface area contributed by atoms with Crippen molar-refractivity contribution in [3.63, 3.8) is 0 Å². The Morgan fingerprint density at radius 3 is 2.27 bits per heavy atom. The highest BCUT2D eigenvalue weighted by Crippen LogP contribution is 2.35. The Bertz CT molecular complexity index is 1020. The van der Waals surface area contributed by atoms with Gasteiger partial charge in [-0.3, -0.25) is 4.79 Å². The number of carboxylic acids is 1. The minimum atomic E-state index is -1.19. The molecule has 1 unspecified atom stereocenters. The number of hydrogen-bond acceptors (Lipinski definition) is 4. The van der Waals surface area contributed by atoms with Gasteiger partial charge in [0, 0.05) is 0 Å². The number of rotatable bonds is 5. The van der Waals surface area contributed by atoms with Crippen LogP contribution in [0, 0.1) is 0 Å². The molecule has 0 saturated heterocycles. The van der Waals surface area contributed by atoms with Crippen LogP contribution in [-0.2, 0) is 10.2 Å². The Morgan fingerprint density at radius 2 is 1.65 bits per heavy atom. The number of methoxy groups -OCH3 is 1. The number of carbonyl (C=O) groups is 1. The summed E-state index contributed by atoms with van der Waals surface area (Å²) in [6.45, 7) is 1.71. The van der Waals surface area contributed by atoms with Gasteiger partial charge in [0.1, 0.15) is 11.2 Å². The molecule has 3 rings (SSSR count). The first-order chi connectivity index (χ1) is 12.5. The van der Waals surface area contributed by atoms with Gasteiger partial charge in [0.15, 0.2) is 0 Å². The molecule has 3 aromatic carbocycles. The van der Waals surface area contributed by atoms with Gasteiger partial charge in [-0.15, -0.1) is 0 Å². The number of thiocarbonyl (C=S) groups is 1. The molecule has 1 N–H and O–H groups in total. The van der Waals surface area contributed by atoms with Crippen LogP contribution in [0.15, 0.2) is 65.7 Å². The third-order valence-electron chi connectivity index (χ3n) is 4.67. The van der Waals surface area contributed by atoms with Crippen LogP contribution in [0.4, 0.5) is 5.69 Å². The number of aliphatic carboxylic acids is 1. The van der Waals surface area contributed by atoms with Gasteiger partial charge in [0.2, 0.25) is 0 Å². The van der Waals surface area contributed by atoms with E-state index in [4.69, 9.17) is 4.74 Å². The van der Waals surface area contributed by atoms with Gasteiger partial charge in [-0.1, -0.05) is 30.3 Å². The molecule has 0 radical (unpaired) electrons. The van der Waals surface area contributed by atoms with Crippen LogP contribution in [0.2, 0.25) is 0 Å². The molecule has 0 fully saturated rings. The Balaban J connectivity index is 2.13. The Hall–Kier alpha value is -3.01. The number of nitrogens with zero attached hydrogens (tertiary/aromatic N) is 1. The summed E-state index contributed by atoms with van der Waals surface area (Å²) in [5, 5.41) is 14.3. The molecule has 130 valence electrons. The molecule has 0 aromatic heterocycles. The highest BCUT2D eigenvalue weighted by molar-refractivity contribution is 7.78. The second-order valence-corrected chi connectivity index (χ2v) is 6.29. The third kappa shape index (κ3) is 3.10. The largest absolute Gasteiger partial charge is 0.497 e. The monoisotopic (exact) mass is 363 g/mol. The predicted octanol–water partition coefficient (Wildman–Crippen LogP) is 4.97. The van der Waals surface area contributed by atoms with Crippen LogP contribution in [0.25, 0.3) is 10.8 Å². The summed E-state index contributed by atoms with van der Waals surface area (Å²) >= 11 is 4.60. The number of fused-ring (bicyclic) bond motifs is 1. The lowest BCUT2D eigenvalue weighted by Crippen LogP contribution is -2.33. The van der Waals surface area contributed by atoms with Crippen molar-refractivity contribution in [3.05, 3.63) is 71.8 Å². The quantitative estimate of drug-likeness (QED) is 0.513. The van der Waals surface area contributed by atoms with E-state index in [1.807, 2.05) is 36.4 Å². The lowest BCUT2D eigenvalue weighted by molar-refractivity contribution is -0.141. The average molecular weight is 363 g/mol. The van der Waals surface area contributed by atoms with E-state index in [0.29, 0.717) is 16.8 Å². The molecule has 0 aliphatic carbocycles. The molecule has 0 amide bonds. The maximum atomic E-state index is 12.2. The third-order valence-corrected chi connectivity index (χ3v) is 4.76. The summed E-state index contributed by atoms with van der Waals surface area (Å²) in [4.78, 5) is 16.1. The lowest BCUT2D eigenvalue weighted by Gasteiger charge is -2.26. The first-order valence-corrected chi connectivity index (χ1v) is 8.40. The van der Waals surface area contributed by atoms with Crippen LogP contribution in [-0.4, -0.2) is 23.3 Å². The normalized spacial score (nSPS) is 12.8. The van der Waals surface area contributed by atoms with Crippen molar-refractivity contribution in [2.24, 2.45) is 4.99 Å². The molecule has 0 spiro atoms. The van der Waals surface area contributed by atoms with E-state index in [1.165, 1.54) is 0 Å². The van der Waals surface area contributed by atoms with Crippen molar-refractivity contribution in [2.75, 3.05) is 7.11 Å². The molecule has 1 atom stereocenters. The average Bonchev–Trinajstić information content (AvgIpc) is 2.67. The van der Waals surface area contributed by atoms with Crippen molar-refractivity contribution >= 4 is 39.8 Å². The fourth-order valence-electron chi connectivity index (χ4n) is 3.00. The summed E-state index contributed by atoms with van der Waals surface area (Å²) in [5.41, 5.74) is 0.825. The molecular weight excluding hydrogens is 346 g/mol. The van der Waals surface area contributed by atoms with Gasteiger partial charge in [-0.2, -0.15) is 4.99 Å². The zero-order chi connectivity index (χ0) is 18.7. The number of benzene rings is 3. The van der Waals surface area contributed by atoms with Crippen molar-refractivity contribution in [1.82, 2.24) is 0 Å². The maximum Gasteiger partial charge on any atom is 0.318 e. The van der Waals surface area contributed by atoms with E-state index in [1.54, 1.807) is 38.3 Å². The van der Waals surface area contributed by atoms with E-state index in [2.05, 4.69) is 22.4 Å². The first-order valence-electron chi connectivity index (χ1n) is 7.99. The van der Waals surface area contributed by atoms with Crippen LogP contribution in [0.3, 0.4) is 0 Å². The number of isothiocyanates is 1. The van der Waals surface area contributed by atoms with Crippen molar-refractivity contribution in [2.45, 2.75) is 12.3 Å². The molecule has 5 heteroatoms. The Kier molecular flexibility index (Phi) is 4.85. The van der Waals surface area contributed by atoms with Crippen LogP contribution in [0.5, 0.6) is 5.75 Å². The van der Waals surface area contributed by atoms with Gasteiger partial charge >= 0.3 is 5.97 Å². The molecule has 0 saturated carbocycles. The van der Waals surface area contributed by atoms with Crippen molar-refractivity contribution in [3.8, 4) is 5.75 Å². The lowest BCUT2D eigenvalue weighted by atomic mass is 9.75. The van der Waals surface area contributed by atoms with Gasteiger partial charge in [0.05, 0.1) is 18.0 Å². The molecule has 4 nitrogen and oxygen atoms in total. The number of carboxylic acid groups (broad SMARTS) is 1. The summed E-state index contributed by atoms with van der Waals surface area (Å²) in [6, 6.07) is 18.4. The summed E-state index contributed by atoms with van der Waals surface area (Å²) in [5.74, 6) is -0.155. The highest BCUT2D eigenvalue weighted by atomic mass is 32.1. The zero-order valence-electron chi connectivity index (χ0n) is 14.4. The summed E-state index contributed by atoms with van der Waals surface area (Å²) in [7, 11) is 1.62. The van der Waals surface area contributed by atoms with Gasteiger partial charge < -0.3 is 9.84 Å². The van der Waals surface area contributed by atoms with Gasteiger partial charge in [-0.05, 0) is 71.4 Å². The number of hydrogen-bond donors (Lipinski definition) is 1. The van der Waals surface area contributed by atoms with E-state index in [-0.39, 0.29) is 0 Å². The Morgan fingerprint density at radius 1 is 1.04 bits per heavy atom. The first kappa shape index (κ1) is 17.8. The van der Waals surface area contributed by atoms with Crippen LogP contribution in [0.1, 0.15) is 18.1 Å². The molecule has 0 aliphatic rings. The van der Waals surface area contributed by atoms with Gasteiger partial charge in [-0.25, -0.2) is 0 Å². The smallest absolute Gasteiger partial charge is 0.318 e. The van der Waals surface area contributed by atoms with Gasteiger partial charge in [0.25, 0.3) is 0 Å². The predicted molar refractivity (Wildman–Crippen MR) is 106 cm³/mol. The maximum absolute atomic E-state index is 12.2. The fourth-order valence-corrected chi connectivity index (χ4v) is 3.10. The van der Waals surface area contributed by atoms with E-state index in [0.717, 1.165) is 16.5 Å². The minimum Gasteiger partial charge on any atom is -0.497 e. The van der Waals surface area contributed by atoms with E-state index >= 15 is 0 Å². The van der Waals surface area contributed by atoms with Crippen LogP contribution < -0.4 is 4.74 Å². The SMILES string of the molecule is COc1ccc2cc(C(C)(C(=O)O)c3ccc(N=C=S)cc3)ccc2c1. The molecule has 26 heavy (non-hydrogen) atoms. The summed E-state index contributed by atoms with van der Waals surface area (Å²) in [6.07, 6.45) is 0. The van der Waals surface area contributed by atoms with E-state index < -0.39 is 11.4 Å². The second kappa shape index (κ2) is 7.08. The van der Waals surface area contributed by atoms with Crippen molar-refractivity contribution in [1.29, 1.82) is 0 Å². The number of aliphatic imine (C=N–C) groups is 1. The zero-order valence-corrected chi connectivity index (χ0v) is 15.2. The second-order valence-electron chi connectivity index (χ2n) is 6.11. The highest BCUT2D eigenvalue weighted by Gasteiger charge is 2.37. The van der Waals surface area contributed by atoms with Crippen LogP contribution >= 0.6 is 12.2 Å². The topological polar surface area (TPSA) is 58.9 Å². The van der Waals surface area contributed by atoms with Crippen molar-refractivity contribution < 1.29 is 14.6 Å². The van der Waals surface area contributed by atoms with E-state index in [9.17, 15) is 9.90 Å². The molecular formula is C21H17NO3S. The minimum absolute atomic E-state index is 0.641. The standard InChI is InChI=1S/C21H17NO3S/c1-21(20(23)24,16-6-8-18(9-7-16)22-13-26)17-5-3-15-12-19(25-2)10-4-14(15)11-17/h3-12H,1-2H3,(H,23,24). The number of ether oxygens (including phenoxy) is 1.